The zero-order chi connectivity index (χ0) is 15.5. The largest absolute Gasteiger partial charge is 0.494 e. The van der Waals surface area contributed by atoms with Gasteiger partial charge in [-0.25, -0.2) is 4.39 Å². The maximum absolute atomic E-state index is 13.9. The maximum atomic E-state index is 13.9. The fraction of sp³-hybridized carbons (Fsp3) is 0.278. The zero-order valence-corrected chi connectivity index (χ0v) is 12.5. The number of halogens is 1. The van der Waals surface area contributed by atoms with Crippen LogP contribution in [0.15, 0.2) is 42.5 Å². The van der Waals surface area contributed by atoms with Crippen LogP contribution in [0.3, 0.4) is 0 Å². The lowest BCUT2D eigenvalue weighted by Crippen LogP contribution is -2.31. The van der Waals surface area contributed by atoms with Crippen LogP contribution < -0.4 is 9.64 Å². The summed E-state index contributed by atoms with van der Waals surface area (Å²) >= 11 is 0. The molecule has 0 aliphatic carbocycles. The molecule has 2 aromatic carbocycles. The van der Waals surface area contributed by atoms with E-state index in [1.54, 1.807) is 11.0 Å². The van der Waals surface area contributed by atoms with Gasteiger partial charge in [-0.15, -0.1) is 0 Å². The van der Waals surface area contributed by atoms with Gasteiger partial charge in [-0.1, -0.05) is 18.2 Å². The van der Waals surface area contributed by atoms with Crippen molar-refractivity contribution >= 4 is 11.6 Å². The molecule has 1 heterocycles. The van der Waals surface area contributed by atoms with Gasteiger partial charge in [0.05, 0.1) is 7.11 Å². The van der Waals surface area contributed by atoms with Crippen molar-refractivity contribution < 1.29 is 13.9 Å². The number of carbonyl (C=O) groups is 1. The Balaban J connectivity index is 1.96. The Morgan fingerprint density at radius 3 is 2.77 bits per heavy atom. The molecule has 1 amide bonds. The molecule has 1 aliphatic heterocycles. The third kappa shape index (κ3) is 2.69. The van der Waals surface area contributed by atoms with E-state index in [0.29, 0.717) is 12.1 Å². The Kier molecular flexibility index (Phi) is 4.09. The molecule has 3 nitrogen and oxygen atoms in total. The van der Waals surface area contributed by atoms with Crippen LogP contribution in [0.25, 0.3) is 0 Å². The van der Waals surface area contributed by atoms with E-state index in [4.69, 9.17) is 4.74 Å². The van der Waals surface area contributed by atoms with Crippen LogP contribution in [0.2, 0.25) is 0 Å². The molecule has 0 N–H and O–H groups in total. The van der Waals surface area contributed by atoms with Gasteiger partial charge in [0.1, 0.15) is 0 Å². The number of hydrogen-bond donors (Lipinski definition) is 0. The first-order chi connectivity index (χ1) is 10.7. The van der Waals surface area contributed by atoms with Gasteiger partial charge >= 0.3 is 0 Å². The Labute approximate surface area is 129 Å². The normalized spacial score (nSPS) is 14.2. The lowest BCUT2D eigenvalue weighted by atomic mass is 10.1. The molecule has 22 heavy (non-hydrogen) atoms. The summed E-state index contributed by atoms with van der Waals surface area (Å²) < 4.78 is 18.8. The number of para-hydroxylation sites is 1. The highest BCUT2D eigenvalue weighted by Crippen LogP contribution is 2.28. The quantitative estimate of drug-likeness (QED) is 0.843. The lowest BCUT2D eigenvalue weighted by Gasteiger charge is -2.23. The molecule has 0 unspecified atom stereocenters. The summed E-state index contributed by atoms with van der Waals surface area (Å²) in [4.78, 5) is 14.5. The summed E-state index contributed by atoms with van der Waals surface area (Å²) in [7, 11) is 1.41. The monoisotopic (exact) mass is 299 g/mol. The minimum Gasteiger partial charge on any atom is -0.494 e. The van der Waals surface area contributed by atoms with Crippen molar-refractivity contribution in [3.8, 4) is 5.75 Å². The second kappa shape index (κ2) is 6.18. The molecule has 0 radical (unpaired) electrons. The summed E-state index contributed by atoms with van der Waals surface area (Å²) in [6.45, 7) is 0.656. The minimum atomic E-state index is -0.517. The summed E-state index contributed by atoms with van der Waals surface area (Å²) in [5.74, 6) is -0.542. The number of carbonyl (C=O) groups excluding carboxylic acids is 1. The van der Waals surface area contributed by atoms with E-state index in [2.05, 4.69) is 6.07 Å². The smallest absolute Gasteiger partial charge is 0.258 e. The number of hydrogen-bond acceptors (Lipinski definition) is 2. The van der Waals surface area contributed by atoms with Crippen molar-refractivity contribution in [1.29, 1.82) is 0 Å². The number of amides is 1. The molecule has 0 bridgehead atoms. The van der Waals surface area contributed by atoms with Crippen molar-refractivity contribution in [2.75, 3.05) is 18.6 Å². The number of fused-ring (bicyclic) bond motifs is 1. The second-order valence-electron chi connectivity index (χ2n) is 5.39. The van der Waals surface area contributed by atoms with Gasteiger partial charge in [0.25, 0.3) is 5.91 Å². The number of methoxy groups -OCH3 is 1. The number of ether oxygens (including phenoxy) is 1. The van der Waals surface area contributed by atoms with E-state index >= 15 is 0 Å². The fourth-order valence-corrected chi connectivity index (χ4v) is 2.86. The predicted molar refractivity (Wildman–Crippen MR) is 84.0 cm³/mol. The lowest BCUT2D eigenvalue weighted by molar-refractivity contribution is 0.0986. The molecule has 4 heteroatoms. The summed E-state index contributed by atoms with van der Waals surface area (Å²) in [6, 6.07) is 12.3. The van der Waals surface area contributed by atoms with Gasteiger partial charge < -0.3 is 9.64 Å². The Hall–Kier alpha value is -2.36. The van der Waals surface area contributed by atoms with Crippen LogP contribution in [0.1, 0.15) is 28.8 Å². The highest BCUT2D eigenvalue weighted by atomic mass is 19.1. The molecule has 1 aliphatic rings. The average Bonchev–Trinajstić information content (AvgIpc) is 2.76. The van der Waals surface area contributed by atoms with Gasteiger partial charge in [0, 0.05) is 17.8 Å². The Morgan fingerprint density at radius 2 is 2.00 bits per heavy atom. The molecule has 2 aromatic rings. The van der Waals surface area contributed by atoms with E-state index in [-0.39, 0.29) is 11.7 Å². The van der Waals surface area contributed by atoms with Crippen molar-refractivity contribution in [3.63, 3.8) is 0 Å². The molecule has 0 aromatic heterocycles. The Morgan fingerprint density at radius 1 is 1.18 bits per heavy atom. The van der Waals surface area contributed by atoms with Gasteiger partial charge in [0.2, 0.25) is 0 Å². The molecule has 0 saturated carbocycles. The van der Waals surface area contributed by atoms with Crippen molar-refractivity contribution in [1.82, 2.24) is 0 Å². The molecular formula is C18H18FNO2. The minimum absolute atomic E-state index is 0.146. The standard InChI is InChI=1S/C18H18FNO2/c1-22-17-10-9-14(12-15(17)19)18(21)20-11-5-4-7-13-6-2-3-8-16(13)20/h2-3,6,8-10,12H,4-5,7,11H2,1H3. The summed E-state index contributed by atoms with van der Waals surface area (Å²) in [5.41, 5.74) is 2.44. The average molecular weight is 299 g/mol. The first kappa shape index (κ1) is 14.6. The van der Waals surface area contributed by atoms with Crippen LogP contribution in [0.5, 0.6) is 5.75 Å². The van der Waals surface area contributed by atoms with Crippen LogP contribution in [0, 0.1) is 5.82 Å². The van der Waals surface area contributed by atoms with Gasteiger partial charge in [0.15, 0.2) is 11.6 Å². The number of nitrogens with zero attached hydrogens (tertiary/aromatic N) is 1. The van der Waals surface area contributed by atoms with E-state index in [1.807, 2.05) is 18.2 Å². The molecule has 0 spiro atoms. The molecule has 0 fully saturated rings. The van der Waals surface area contributed by atoms with Crippen LogP contribution in [0.4, 0.5) is 10.1 Å². The predicted octanol–water partition coefficient (Wildman–Crippen LogP) is 3.82. The maximum Gasteiger partial charge on any atom is 0.258 e. The third-order valence-electron chi connectivity index (χ3n) is 4.00. The van der Waals surface area contributed by atoms with Gasteiger partial charge in [-0.05, 0) is 49.1 Å². The van der Waals surface area contributed by atoms with E-state index in [1.165, 1.54) is 24.8 Å². The van der Waals surface area contributed by atoms with Gasteiger partial charge in [-0.2, -0.15) is 0 Å². The highest BCUT2D eigenvalue weighted by Gasteiger charge is 2.22. The molecule has 114 valence electrons. The number of rotatable bonds is 2. The SMILES string of the molecule is COc1ccc(C(=O)N2CCCCc3ccccc32)cc1F. The van der Waals surface area contributed by atoms with Crippen molar-refractivity contribution in [2.45, 2.75) is 19.3 Å². The number of benzene rings is 2. The molecular weight excluding hydrogens is 281 g/mol. The topological polar surface area (TPSA) is 29.5 Å². The van der Waals surface area contributed by atoms with E-state index in [9.17, 15) is 9.18 Å². The first-order valence-electron chi connectivity index (χ1n) is 7.44. The van der Waals surface area contributed by atoms with Crippen LogP contribution in [-0.4, -0.2) is 19.6 Å². The fourth-order valence-electron chi connectivity index (χ4n) is 2.86. The highest BCUT2D eigenvalue weighted by molar-refractivity contribution is 6.06. The Bertz CT molecular complexity index is 699. The van der Waals surface area contributed by atoms with E-state index < -0.39 is 5.82 Å². The van der Waals surface area contributed by atoms with E-state index in [0.717, 1.165) is 24.9 Å². The third-order valence-corrected chi connectivity index (χ3v) is 4.00. The number of aryl methyl sites for hydroxylation is 1. The number of anilines is 1. The van der Waals surface area contributed by atoms with Crippen molar-refractivity contribution in [2.24, 2.45) is 0 Å². The molecule has 3 rings (SSSR count). The summed E-state index contributed by atoms with van der Waals surface area (Å²) in [6.07, 6.45) is 2.97. The van der Waals surface area contributed by atoms with Crippen molar-refractivity contribution in [3.05, 3.63) is 59.4 Å². The molecule has 0 atom stereocenters. The van der Waals surface area contributed by atoms with Crippen LogP contribution >= 0.6 is 0 Å². The van der Waals surface area contributed by atoms with Crippen LogP contribution in [-0.2, 0) is 6.42 Å². The zero-order valence-electron chi connectivity index (χ0n) is 12.5. The summed E-state index contributed by atoms with van der Waals surface area (Å²) in [5, 5.41) is 0. The van der Waals surface area contributed by atoms with Gasteiger partial charge in [-0.3, -0.25) is 4.79 Å². The second-order valence-corrected chi connectivity index (χ2v) is 5.39. The first-order valence-corrected chi connectivity index (χ1v) is 7.44. The molecule has 0 saturated heterocycles.